The van der Waals surface area contributed by atoms with Gasteiger partial charge < -0.3 is 25.7 Å². The van der Waals surface area contributed by atoms with Gasteiger partial charge in [-0.3, -0.25) is 14.4 Å². The van der Waals surface area contributed by atoms with E-state index in [1.54, 1.807) is 12.1 Å². The number of alkyl halides is 3. The van der Waals surface area contributed by atoms with E-state index in [4.69, 9.17) is 9.90 Å². The van der Waals surface area contributed by atoms with Crippen LogP contribution >= 0.6 is 0 Å². The Morgan fingerprint density at radius 1 is 1.02 bits per heavy atom. The van der Waals surface area contributed by atoms with Crippen LogP contribution in [0.3, 0.4) is 0 Å². The Kier molecular flexibility index (Phi) is 13.9. The van der Waals surface area contributed by atoms with E-state index < -0.39 is 39.8 Å². The molecule has 0 radical (unpaired) electrons. The largest absolute Gasteiger partial charge is 0.483 e. The number of rotatable bonds is 13. The zero-order valence-electron chi connectivity index (χ0n) is 29.0. The topological polar surface area (TPSA) is 180 Å². The third-order valence-corrected chi connectivity index (χ3v) is 9.47. The summed E-state index contributed by atoms with van der Waals surface area (Å²) in [6.07, 6.45) is -3.87. The predicted octanol–water partition coefficient (Wildman–Crippen LogP) is 4.99. The number of nitrogens with zero attached hydrogens (tertiary/aromatic N) is 3. The van der Waals surface area contributed by atoms with Crippen molar-refractivity contribution in [1.29, 1.82) is 5.26 Å². The fraction of sp³-hybridized carbons (Fsp3) is 0.263. The smallest absolute Gasteiger partial charge is 0.416 e. The summed E-state index contributed by atoms with van der Waals surface area (Å²) in [5.74, 6) is -0.984. The Balaban J connectivity index is 0.00000209. The van der Waals surface area contributed by atoms with Crippen molar-refractivity contribution < 1.29 is 46.2 Å². The molecule has 1 aliphatic rings. The molecule has 5 rings (SSSR count). The molecule has 4 aromatic carbocycles. The molecule has 54 heavy (non-hydrogen) atoms. The first kappa shape index (κ1) is 41.0. The standard InChI is InChI=1S/C37H36F3N5O5S.CH2O2/c1-51(49,50)45(29-17-15-26(22-41)16-18-29)32-13-6-12-30(35(32)44-19-7-14-34(44)47)36(48)43-31(21-25-8-3-2-4-9-25)33(46)24-42-23-27-10-5-11-28(20-27)37(38,39)40;2-1-3/h2-6,8-13,15-18,20,31,33,42,46H,7,14,19,21,23-24H2,1H3,(H,43,48);1H,(H,2,3)/t31-,33+;/m0./s1. The minimum absolute atomic E-state index is 0.00719. The first-order valence-electron chi connectivity index (χ1n) is 16.6. The van der Waals surface area contributed by atoms with E-state index in [9.17, 15) is 41.5 Å². The summed E-state index contributed by atoms with van der Waals surface area (Å²) in [4.78, 5) is 37.1. The zero-order chi connectivity index (χ0) is 39.5. The molecule has 284 valence electrons. The highest BCUT2D eigenvalue weighted by Gasteiger charge is 2.34. The second kappa shape index (κ2) is 18.3. The SMILES string of the molecule is CS(=O)(=O)N(c1ccc(C#N)cc1)c1cccc(C(=O)N[C@@H](Cc2ccccc2)[C@H](O)CNCc2cccc(C(F)(F)F)c2)c1N1CCCC1=O.O=CO. The highest BCUT2D eigenvalue weighted by atomic mass is 32.2. The van der Waals surface area contributed by atoms with Gasteiger partial charge in [0, 0.05) is 26.1 Å². The Labute approximate surface area is 310 Å². The number of aliphatic hydroxyl groups is 1. The van der Waals surface area contributed by atoms with E-state index in [2.05, 4.69) is 10.6 Å². The van der Waals surface area contributed by atoms with Crippen LogP contribution in [0.15, 0.2) is 97.1 Å². The number of hydrogen-bond acceptors (Lipinski definition) is 8. The molecule has 4 N–H and O–H groups in total. The Hall–Kier alpha value is -5.76. The predicted molar refractivity (Wildman–Crippen MR) is 195 cm³/mol. The van der Waals surface area contributed by atoms with E-state index >= 15 is 0 Å². The molecule has 0 aromatic heterocycles. The lowest BCUT2D eigenvalue weighted by Gasteiger charge is -2.30. The Morgan fingerprint density at radius 3 is 2.26 bits per heavy atom. The molecular formula is C38H38F3N5O7S. The molecule has 2 atom stereocenters. The van der Waals surface area contributed by atoms with Gasteiger partial charge in [-0.25, -0.2) is 12.7 Å². The summed E-state index contributed by atoms with van der Waals surface area (Å²) in [6.45, 7) is -0.0877. The first-order valence-corrected chi connectivity index (χ1v) is 18.4. The van der Waals surface area contributed by atoms with Crippen LogP contribution in [0.1, 0.15) is 45.5 Å². The van der Waals surface area contributed by atoms with Crippen LogP contribution in [-0.2, 0) is 38.8 Å². The molecule has 4 aromatic rings. The summed E-state index contributed by atoms with van der Waals surface area (Å²) in [5, 5.41) is 33.4. The molecule has 0 unspecified atom stereocenters. The van der Waals surface area contributed by atoms with E-state index in [1.165, 1.54) is 59.5 Å². The van der Waals surface area contributed by atoms with Crippen molar-refractivity contribution in [2.45, 2.75) is 44.1 Å². The average Bonchev–Trinajstić information content (AvgIpc) is 3.56. The first-order chi connectivity index (χ1) is 25.7. The van der Waals surface area contributed by atoms with Gasteiger partial charge in [0.15, 0.2) is 0 Å². The molecule has 2 amide bonds. The quantitative estimate of drug-likeness (QED) is 0.136. The van der Waals surface area contributed by atoms with Crippen molar-refractivity contribution >= 4 is 45.4 Å². The second-order valence-electron chi connectivity index (χ2n) is 12.3. The van der Waals surface area contributed by atoms with Crippen LogP contribution in [0.5, 0.6) is 0 Å². The molecule has 1 fully saturated rings. The lowest BCUT2D eigenvalue weighted by Crippen LogP contribution is -2.49. The van der Waals surface area contributed by atoms with Crippen molar-refractivity contribution in [3.05, 3.63) is 125 Å². The van der Waals surface area contributed by atoms with Gasteiger partial charge in [-0.1, -0.05) is 54.6 Å². The summed E-state index contributed by atoms with van der Waals surface area (Å²) in [6, 6.07) is 25.3. The Bertz CT molecular complexity index is 2080. The molecule has 0 spiro atoms. The number of amides is 2. The summed E-state index contributed by atoms with van der Waals surface area (Å²) in [5.41, 5.74) is 0.958. The van der Waals surface area contributed by atoms with Crippen LogP contribution in [0, 0.1) is 11.3 Å². The van der Waals surface area contributed by atoms with E-state index in [-0.39, 0.29) is 67.5 Å². The van der Waals surface area contributed by atoms with Crippen LogP contribution in [0.2, 0.25) is 0 Å². The number of sulfonamides is 1. The number of carbonyl (C=O) groups is 3. The fourth-order valence-electron chi connectivity index (χ4n) is 5.99. The van der Waals surface area contributed by atoms with Crippen molar-refractivity contribution in [2.75, 3.05) is 28.6 Å². The van der Waals surface area contributed by atoms with E-state index in [0.717, 1.165) is 28.3 Å². The maximum atomic E-state index is 14.2. The third kappa shape index (κ3) is 10.7. The van der Waals surface area contributed by atoms with Gasteiger partial charge in [0.05, 0.1) is 58.2 Å². The average molecular weight is 766 g/mol. The fourth-order valence-corrected chi connectivity index (χ4v) is 7.00. The van der Waals surface area contributed by atoms with Crippen molar-refractivity contribution in [3.8, 4) is 6.07 Å². The zero-order valence-corrected chi connectivity index (χ0v) is 29.8. The lowest BCUT2D eigenvalue weighted by atomic mass is 9.99. The normalized spacial score (nSPS) is 13.9. The molecule has 1 aliphatic heterocycles. The minimum Gasteiger partial charge on any atom is -0.483 e. The number of hydrogen-bond donors (Lipinski definition) is 4. The Morgan fingerprint density at radius 2 is 1.67 bits per heavy atom. The van der Waals surface area contributed by atoms with Gasteiger partial charge in [0.1, 0.15) is 0 Å². The molecule has 0 bridgehead atoms. The number of nitriles is 1. The maximum absolute atomic E-state index is 14.2. The number of nitrogens with one attached hydrogen (secondary N) is 2. The van der Waals surface area contributed by atoms with Gasteiger partial charge in [0.25, 0.3) is 12.4 Å². The van der Waals surface area contributed by atoms with Crippen molar-refractivity contribution in [2.24, 2.45) is 0 Å². The molecule has 0 saturated carbocycles. The molecule has 1 saturated heterocycles. The maximum Gasteiger partial charge on any atom is 0.416 e. The van der Waals surface area contributed by atoms with Gasteiger partial charge in [0.2, 0.25) is 15.9 Å². The number of para-hydroxylation sites is 1. The van der Waals surface area contributed by atoms with Crippen LogP contribution < -0.4 is 19.8 Å². The van der Waals surface area contributed by atoms with Gasteiger partial charge in [-0.15, -0.1) is 0 Å². The van der Waals surface area contributed by atoms with E-state index in [1.807, 2.05) is 24.3 Å². The van der Waals surface area contributed by atoms with Crippen LogP contribution in [0.4, 0.5) is 30.2 Å². The highest BCUT2D eigenvalue weighted by Crippen LogP contribution is 2.41. The molecule has 1 heterocycles. The van der Waals surface area contributed by atoms with Crippen LogP contribution in [0.25, 0.3) is 0 Å². The molecule has 12 nitrogen and oxygen atoms in total. The lowest BCUT2D eigenvalue weighted by molar-refractivity contribution is -0.137. The number of carbonyl (C=O) groups excluding carboxylic acids is 2. The van der Waals surface area contributed by atoms with Gasteiger partial charge >= 0.3 is 6.18 Å². The van der Waals surface area contributed by atoms with Gasteiger partial charge in [-0.2, -0.15) is 18.4 Å². The number of carboxylic acid groups (broad SMARTS) is 1. The van der Waals surface area contributed by atoms with Gasteiger partial charge in [-0.05, 0) is 66.4 Å². The second-order valence-corrected chi connectivity index (χ2v) is 14.1. The number of anilines is 3. The molecule has 0 aliphatic carbocycles. The monoisotopic (exact) mass is 765 g/mol. The minimum atomic E-state index is -4.50. The number of halogens is 3. The van der Waals surface area contributed by atoms with Crippen molar-refractivity contribution in [1.82, 2.24) is 10.6 Å². The number of benzene rings is 4. The van der Waals surface area contributed by atoms with E-state index in [0.29, 0.717) is 17.5 Å². The van der Waals surface area contributed by atoms with Crippen molar-refractivity contribution in [3.63, 3.8) is 0 Å². The summed E-state index contributed by atoms with van der Waals surface area (Å²) >= 11 is 0. The third-order valence-electron chi connectivity index (χ3n) is 8.40. The molecular weight excluding hydrogens is 728 g/mol. The van der Waals surface area contributed by atoms with Crippen LogP contribution in [-0.4, -0.2) is 68.4 Å². The highest BCUT2D eigenvalue weighted by molar-refractivity contribution is 7.92. The molecule has 16 heteroatoms. The number of aliphatic hydroxyl groups excluding tert-OH is 1. The summed E-state index contributed by atoms with van der Waals surface area (Å²) in [7, 11) is -4.05. The summed E-state index contributed by atoms with van der Waals surface area (Å²) < 4.78 is 67.3.